The maximum absolute atomic E-state index is 11.9. The first kappa shape index (κ1) is 18.3. The Bertz CT molecular complexity index is 532. The van der Waals surface area contributed by atoms with Crippen molar-refractivity contribution in [1.29, 1.82) is 0 Å². The number of nitrogens with one attached hydrogen (secondary N) is 2. The molecule has 0 spiro atoms. The molecule has 0 aliphatic rings. The number of carbonyl (C=O) groups is 2. The van der Waals surface area contributed by atoms with Crippen molar-refractivity contribution < 1.29 is 14.3 Å². The second kappa shape index (κ2) is 8.63. The van der Waals surface area contributed by atoms with E-state index < -0.39 is 6.10 Å². The zero-order valence-electron chi connectivity index (χ0n) is 13.4. The van der Waals surface area contributed by atoms with Crippen LogP contribution in [0, 0.1) is 6.92 Å². The van der Waals surface area contributed by atoms with Crippen LogP contribution in [0.4, 0.5) is 0 Å². The van der Waals surface area contributed by atoms with E-state index in [-0.39, 0.29) is 30.8 Å². The van der Waals surface area contributed by atoms with Gasteiger partial charge in [-0.25, -0.2) is 0 Å². The van der Waals surface area contributed by atoms with E-state index in [1.54, 1.807) is 19.1 Å². The molecule has 0 saturated heterocycles. The van der Waals surface area contributed by atoms with Gasteiger partial charge in [-0.2, -0.15) is 0 Å². The van der Waals surface area contributed by atoms with Gasteiger partial charge in [0.25, 0.3) is 5.91 Å². The minimum Gasteiger partial charge on any atom is -0.479 e. The summed E-state index contributed by atoms with van der Waals surface area (Å²) in [6.07, 6.45) is -0.450. The normalized spacial score (nSPS) is 11.9. The van der Waals surface area contributed by atoms with E-state index in [9.17, 15) is 9.59 Å². The predicted octanol–water partition coefficient (Wildman–Crippen LogP) is 2.45. The number of amides is 2. The molecule has 2 N–H and O–H groups in total. The fraction of sp³-hybridized carbons (Fsp3) is 0.500. The van der Waals surface area contributed by atoms with E-state index in [4.69, 9.17) is 16.3 Å². The third-order valence-electron chi connectivity index (χ3n) is 2.86. The summed E-state index contributed by atoms with van der Waals surface area (Å²) < 4.78 is 5.57. The van der Waals surface area contributed by atoms with Gasteiger partial charge in [0.1, 0.15) is 5.75 Å². The first-order valence-electron chi connectivity index (χ1n) is 7.29. The minimum atomic E-state index is -0.688. The van der Waals surface area contributed by atoms with E-state index in [0.29, 0.717) is 10.8 Å². The Hall–Kier alpha value is -1.75. The average Bonchev–Trinajstić information content (AvgIpc) is 2.41. The van der Waals surface area contributed by atoms with E-state index in [1.807, 2.05) is 26.8 Å². The molecule has 0 unspecified atom stereocenters. The third-order valence-corrected chi connectivity index (χ3v) is 3.17. The van der Waals surface area contributed by atoms with Gasteiger partial charge < -0.3 is 15.4 Å². The van der Waals surface area contributed by atoms with Gasteiger partial charge in [-0.05, 0) is 45.4 Å². The molecular weight excluding hydrogens is 304 g/mol. The van der Waals surface area contributed by atoms with E-state index >= 15 is 0 Å². The zero-order chi connectivity index (χ0) is 16.7. The molecule has 0 saturated carbocycles. The van der Waals surface area contributed by atoms with Crippen LogP contribution in [0.15, 0.2) is 18.2 Å². The standard InChI is InChI=1S/C16H23ClN2O3/c1-10(2)19-15(20)7-8-18-16(21)12(4)22-14-9-11(3)5-6-13(14)17/h5-6,9-10,12H,7-8H2,1-4H3,(H,18,21)(H,19,20)/t12-/m0/s1. The highest BCUT2D eigenvalue weighted by Crippen LogP contribution is 2.26. The van der Waals surface area contributed by atoms with E-state index in [1.165, 1.54) is 0 Å². The molecule has 1 rings (SSSR count). The fourth-order valence-corrected chi connectivity index (χ4v) is 1.94. The SMILES string of the molecule is Cc1ccc(Cl)c(O[C@@H](C)C(=O)NCCC(=O)NC(C)C)c1. The third kappa shape index (κ3) is 6.35. The zero-order valence-corrected chi connectivity index (χ0v) is 14.2. The largest absolute Gasteiger partial charge is 0.479 e. The average molecular weight is 327 g/mol. The van der Waals surface area contributed by atoms with E-state index in [0.717, 1.165) is 5.56 Å². The maximum Gasteiger partial charge on any atom is 0.260 e. The Kier molecular flexibility index (Phi) is 7.18. The van der Waals surface area contributed by atoms with Gasteiger partial charge in [-0.15, -0.1) is 0 Å². The second-order valence-electron chi connectivity index (χ2n) is 5.46. The molecule has 5 nitrogen and oxygen atoms in total. The maximum atomic E-state index is 11.9. The van der Waals surface area contributed by atoms with Crippen LogP contribution in [0.5, 0.6) is 5.75 Å². The second-order valence-corrected chi connectivity index (χ2v) is 5.86. The summed E-state index contributed by atoms with van der Waals surface area (Å²) in [5.74, 6) is 0.0994. The van der Waals surface area contributed by atoms with Gasteiger partial charge in [-0.1, -0.05) is 17.7 Å². The molecular formula is C16H23ClN2O3. The van der Waals surface area contributed by atoms with Crippen LogP contribution in [-0.4, -0.2) is 30.5 Å². The van der Waals surface area contributed by atoms with Gasteiger partial charge in [0.15, 0.2) is 6.10 Å². The van der Waals surface area contributed by atoms with Crippen LogP contribution in [0.25, 0.3) is 0 Å². The molecule has 6 heteroatoms. The smallest absolute Gasteiger partial charge is 0.260 e. The Labute approximate surface area is 136 Å². The Morgan fingerprint density at radius 1 is 1.27 bits per heavy atom. The number of aryl methyl sites for hydroxylation is 1. The highest BCUT2D eigenvalue weighted by Gasteiger charge is 2.16. The number of rotatable bonds is 7. The highest BCUT2D eigenvalue weighted by atomic mass is 35.5. The molecule has 22 heavy (non-hydrogen) atoms. The van der Waals surface area contributed by atoms with Gasteiger partial charge in [0, 0.05) is 19.0 Å². The number of hydrogen-bond acceptors (Lipinski definition) is 3. The van der Waals surface area contributed by atoms with Gasteiger partial charge in [0.2, 0.25) is 5.91 Å². The molecule has 1 atom stereocenters. The van der Waals surface area contributed by atoms with Crippen molar-refractivity contribution in [3.05, 3.63) is 28.8 Å². The Morgan fingerprint density at radius 2 is 1.95 bits per heavy atom. The number of hydrogen-bond donors (Lipinski definition) is 2. The molecule has 0 heterocycles. The number of ether oxygens (including phenoxy) is 1. The molecule has 0 aliphatic heterocycles. The Balaban J connectivity index is 2.42. The lowest BCUT2D eigenvalue weighted by atomic mass is 10.2. The van der Waals surface area contributed by atoms with Crippen LogP contribution in [0.1, 0.15) is 32.8 Å². The van der Waals surface area contributed by atoms with Crippen molar-refractivity contribution in [2.24, 2.45) is 0 Å². The predicted molar refractivity (Wildman–Crippen MR) is 87.2 cm³/mol. The molecule has 0 fully saturated rings. The van der Waals surface area contributed by atoms with Gasteiger partial charge in [-0.3, -0.25) is 9.59 Å². The number of halogens is 1. The number of benzene rings is 1. The van der Waals surface area contributed by atoms with Crippen molar-refractivity contribution in [2.45, 2.75) is 46.3 Å². The summed E-state index contributed by atoms with van der Waals surface area (Å²) in [5, 5.41) is 5.89. The molecule has 0 bridgehead atoms. The fourth-order valence-electron chi connectivity index (χ4n) is 1.78. The van der Waals surface area contributed by atoms with Crippen LogP contribution >= 0.6 is 11.6 Å². The van der Waals surface area contributed by atoms with Crippen LogP contribution < -0.4 is 15.4 Å². The lowest BCUT2D eigenvalue weighted by molar-refractivity contribution is -0.127. The molecule has 2 amide bonds. The summed E-state index contributed by atoms with van der Waals surface area (Å²) in [6.45, 7) is 7.60. The summed E-state index contributed by atoms with van der Waals surface area (Å²) in [5.41, 5.74) is 0.998. The van der Waals surface area contributed by atoms with Crippen molar-refractivity contribution in [3.8, 4) is 5.75 Å². The van der Waals surface area contributed by atoms with Crippen LogP contribution in [0.3, 0.4) is 0 Å². The molecule has 122 valence electrons. The van der Waals surface area contributed by atoms with Gasteiger partial charge in [0.05, 0.1) is 5.02 Å². The molecule has 0 radical (unpaired) electrons. The van der Waals surface area contributed by atoms with Crippen LogP contribution in [0.2, 0.25) is 5.02 Å². The topological polar surface area (TPSA) is 67.4 Å². The van der Waals surface area contributed by atoms with Crippen molar-refractivity contribution >= 4 is 23.4 Å². The first-order valence-corrected chi connectivity index (χ1v) is 7.67. The lowest BCUT2D eigenvalue weighted by Gasteiger charge is -2.16. The van der Waals surface area contributed by atoms with Crippen molar-refractivity contribution in [1.82, 2.24) is 10.6 Å². The summed E-state index contributed by atoms with van der Waals surface area (Å²) >= 11 is 6.03. The monoisotopic (exact) mass is 326 g/mol. The lowest BCUT2D eigenvalue weighted by Crippen LogP contribution is -2.39. The molecule has 0 aromatic heterocycles. The first-order chi connectivity index (χ1) is 10.3. The summed E-state index contributed by atoms with van der Waals surface area (Å²) in [7, 11) is 0. The molecule has 0 aliphatic carbocycles. The van der Waals surface area contributed by atoms with Gasteiger partial charge >= 0.3 is 0 Å². The van der Waals surface area contributed by atoms with Crippen molar-refractivity contribution in [3.63, 3.8) is 0 Å². The highest BCUT2D eigenvalue weighted by molar-refractivity contribution is 6.32. The van der Waals surface area contributed by atoms with Crippen molar-refractivity contribution in [2.75, 3.05) is 6.54 Å². The Morgan fingerprint density at radius 3 is 2.59 bits per heavy atom. The minimum absolute atomic E-state index is 0.0916. The molecule has 1 aromatic carbocycles. The number of carbonyl (C=O) groups excluding carboxylic acids is 2. The van der Waals surface area contributed by atoms with Crippen LogP contribution in [-0.2, 0) is 9.59 Å². The molecule has 1 aromatic rings. The quantitative estimate of drug-likeness (QED) is 0.808. The van der Waals surface area contributed by atoms with E-state index in [2.05, 4.69) is 10.6 Å². The summed E-state index contributed by atoms with van der Waals surface area (Å²) in [6, 6.07) is 5.47. The summed E-state index contributed by atoms with van der Waals surface area (Å²) in [4.78, 5) is 23.4.